The molecule has 0 spiro atoms. The third kappa shape index (κ3) is 4.79. The first-order chi connectivity index (χ1) is 15.1. The van der Waals surface area contributed by atoms with E-state index in [9.17, 15) is 13.2 Å². The van der Waals surface area contributed by atoms with E-state index >= 15 is 0 Å². The number of likely N-dealkylation sites (tertiary alicyclic amines) is 1. The van der Waals surface area contributed by atoms with Crippen molar-refractivity contribution in [2.24, 2.45) is 5.92 Å². The van der Waals surface area contributed by atoms with Gasteiger partial charge in [0, 0.05) is 16.2 Å². The number of hydrogen-bond acceptors (Lipinski definition) is 5. The molecule has 2 aromatic heterocycles. The summed E-state index contributed by atoms with van der Waals surface area (Å²) in [4.78, 5) is 5.79. The Morgan fingerprint density at radius 3 is 2.83 bits per heavy atom. The molecule has 0 radical (unpaired) electrons. The van der Waals surface area contributed by atoms with Crippen LogP contribution in [-0.2, 0) is 0 Å². The standard InChI is InChI=1S/C20H22F3N5O/c1-27-9-7-14(8-10-27)12-24-18-5-6-19-25-13-17(28(19)26-18)15-3-2-4-16(11-15)29-20(21,22)23/h2-6,11,13-14H,7-10,12H2,1H3,(H,24,26)/i1D3. The summed E-state index contributed by atoms with van der Waals surface area (Å²) in [7, 11) is 0. The van der Waals surface area contributed by atoms with Gasteiger partial charge in [-0.1, -0.05) is 12.1 Å². The van der Waals surface area contributed by atoms with E-state index in [-0.39, 0.29) is 5.75 Å². The van der Waals surface area contributed by atoms with E-state index in [0.29, 0.717) is 48.3 Å². The van der Waals surface area contributed by atoms with Gasteiger partial charge in [0.05, 0.1) is 11.9 Å². The van der Waals surface area contributed by atoms with Crippen LogP contribution in [0.4, 0.5) is 19.0 Å². The quantitative estimate of drug-likeness (QED) is 0.690. The minimum Gasteiger partial charge on any atom is -0.406 e. The molecule has 1 aromatic carbocycles. The highest BCUT2D eigenvalue weighted by Crippen LogP contribution is 2.28. The van der Waals surface area contributed by atoms with Crippen LogP contribution in [0.3, 0.4) is 0 Å². The number of alkyl halides is 3. The highest BCUT2D eigenvalue weighted by Gasteiger charge is 2.31. The van der Waals surface area contributed by atoms with Gasteiger partial charge in [0.1, 0.15) is 11.6 Å². The van der Waals surface area contributed by atoms with Gasteiger partial charge in [-0.3, -0.25) is 0 Å². The Kier molecular flexibility index (Phi) is 4.37. The Hall–Kier alpha value is -2.81. The maximum atomic E-state index is 12.5. The molecule has 1 fully saturated rings. The third-order valence-corrected chi connectivity index (χ3v) is 4.91. The molecule has 1 aliphatic rings. The summed E-state index contributed by atoms with van der Waals surface area (Å²) in [5.41, 5.74) is 1.57. The molecule has 3 heterocycles. The fourth-order valence-electron chi connectivity index (χ4n) is 3.40. The van der Waals surface area contributed by atoms with Crippen LogP contribution in [-0.4, -0.2) is 52.5 Å². The molecule has 9 heteroatoms. The number of benzene rings is 1. The lowest BCUT2D eigenvalue weighted by atomic mass is 9.97. The third-order valence-electron chi connectivity index (χ3n) is 4.91. The normalized spacial score (nSPS) is 18.2. The summed E-state index contributed by atoms with van der Waals surface area (Å²) in [6, 6.07) is 9.21. The number of halogens is 3. The SMILES string of the molecule is [2H]C([2H])([2H])N1CCC(CNc2ccc3ncc(-c4cccc(OC(F)(F)F)c4)n3n2)CC1. The Morgan fingerprint density at radius 2 is 2.07 bits per heavy atom. The largest absolute Gasteiger partial charge is 0.573 e. The van der Waals surface area contributed by atoms with Crippen molar-refractivity contribution in [1.82, 2.24) is 19.5 Å². The minimum atomic E-state index is -4.77. The van der Waals surface area contributed by atoms with Crippen LogP contribution in [0.2, 0.25) is 0 Å². The van der Waals surface area contributed by atoms with Crippen molar-refractivity contribution < 1.29 is 22.0 Å². The molecule has 0 atom stereocenters. The highest BCUT2D eigenvalue weighted by molar-refractivity contribution is 5.65. The smallest absolute Gasteiger partial charge is 0.406 e. The van der Waals surface area contributed by atoms with Crippen molar-refractivity contribution in [3.8, 4) is 17.0 Å². The number of nitrogens with one attached hydrogen (secondary N) is 1. The average molecular weight is 408 g/mol. The summed E-state index contributed by atoms with van der Waals surface area (Å²) in [5, 5.41) is 7.81. The Labute approximate surface area is 170 Å². The molecular formula is C20H22F3N5O. The van der Waals surface area contributed by atoms with Gasteiger partial charge in [0.25, 0.3) is 0 Å². The van der Waals surface area contributed by atoms with Crippen molar-refractivity contribution in [2.75, 3.05) is 31.9 Å². The lowest BCUT2D eigenvalue weighted by Crippen LogP contribution is -2.33. The van der Waals surface area contributed by atoms with Crippen molar-refractivity contribution in [2.45, 2.75) is 19.2 Å². The molecule has 154 valence electrons. The number of fused-ring (bicyclic) bond motifs is 1. The topological polar surface area (TPSA) is 54.7 Å². The van der Waals surface area contributed by atoms with Gasteiger partial charge >= 0.3 is 6.36 Å². The van der Waals surface area contributed by atoms with Crippen LogP contribution in [0, 0.1) is 5.92 Å². The molecule has 4 rings (SSSR count). The van der Waals surface area contributed by atoms with E-state index < -0.39 is 13.3 Å². The van der Waals surface area contributed by atoms with E-state index in [2.05, 4.69) is 20.1 Å². The van der Waals surface area contributed by atoms with Gasteiger partial charge in [-0.05, 0) is 63.1 Å². The molecule has 0 amide bonds. The molecule has 1 N–H and O–H groups in total. The highest BCUT2D eigenvalue weighted by atomic mass is 19.4. The van der Waals surface area contributed by atoms with Crippen LogP contribution in [0.25, 0.3) is 16.9 Å². The van der Waals surface area contributed by atoms with Crippen LogP contribution in [0.5, 0.6) is 5.75 Å². The van der Waals surface area contributed by atoms with Crippen LogP contribution in [0.15, 0.2) is 42.6 Å². The molecule has 0 bridgehead atoms. The molecular weight excluding hydrogens is 383 g/mol. The Balaban J connectivity index is 1.46. The predicted molar refractivity (Wildman–Crippen MR) is 104 cm³/mol. The zero-order valence-electron chi connectivity index (χ0n) is 18.5. The Morgan fingerprint density at radius 1 is 1.24 bits per heavy atom. The molecule has 1 aliphatic heterocycles. The second-order valence-electron chi connectivity index (χ2n) is 7.02. The average Bonchev–Trinajstić information content (AvgIpc) is 3.14. The number of aromatic nitrogens is 3. The lowest BCUT2D eigenvalue weighted by molar-refractivity contribution is -0.274. The Bertz CT molecular complexity index is 1080. The fraction of sp³-hybridized carbons (Fsp3) is 0.400. The van der Waals surface area contributed by atoms with Gasteiger partial charge in [-0.25, -0.2) is 9.50 Å². The van der Waals surface area contributed by atoms with E-state index in [4.69, 9.17) is 4.11 Å². The number of imidazole rings is 1. The summed E-state index contributed by atoms with van der Waals surface area (Å²) in [6.07, 6.45) is -1.68. The molecule has 0 aliphatic carbocycles. The molecule has 1 saturated heterocycles. The number of nitrogens with zero attached hydrogens (tertiary/aromatic N) is 4. The monoisotopic (exact) mass is 408 g/mol. The van der Waals surface area contributed by atoms with Crippen LogP contribution < -0.4 is 10.1 Å². The molecule has 0 saturated carbocycles. The number of ether oxygens (including phenoxy) is 1. The van der Waals surface area contributed by atoms with Gasteiger partial charge in [-0.15, -0.1) is 18.3 Å². The molecule has 29 heavy (non-hydrogen) atoms. The van der Waals surface area contributed by atoms with Crippen molar-refractivity contribution in [1.29, 1.82) is 0 Å². The molecule has 0 unspecified atom stereocenters. The predicted octanol–water partition coefficient (Wildman–Crippen LogP) is 4.05. The van der Waals surface area contributed by atoms with Gasteiger partial charge in [-0.2, -0.15) is 0 Å². The van der Waals surface area contributed by atoms with E-state index in [1.54, 1.807) is 28.9 Å². The zero-order valence-corrected chi connectivity index (χ0v) is 15.5. The van der Waals surface area contributed by atoms with Crippen LogP contribution >= 0.6 is 0 Å². The summed E-state index contributed by atoms with van der Waals surface area (Å²) < 4.78 is 65.7. The van der Waals surface area contributed by atoms with Crippen molar-refractivity contribution in [3.63, 3.8) is 0 Å². The van der Waals surface area contributed by atoms with Gasteiger partial charge in [0.2, 0.25) is 0 Å². The molecule has 6 nitrogen and oxygen atoms in total. The lowest BCUT2D eigenvalue weighted by Gasteiger charge is -2.29. The minimum absolute atomic E-state index is 0.317. The van der Waals surface area contributed by atoms with E-state index in [1.165, 1.54) is 23.1 Å². The maximum absolute atomic E-state index is 12.5. The second kappa shape index (κ2) is 7.90. The molecule has 3 aromatic rings. The summed E-state index contributed by atoms with van der Waals surface area (Å²) >= 11 is 0. The second-order valence-corrected chi connectivity index (χ2v) is 7.02. The fourth-order valence-corrected chi connectivity index (χ4v) is 3.40. The zero-order chi connectivity index (χ0) is 22.9. The first-order valence-electron chi connectivity index (χ1n) is 10.8. The maximum Gasteiger partial charge on any atom is 0.573 e. The van der Waals surface area contributed by atoms with Gasteiger partial charge in [0.15, 0.2) is 5.65 Å². The van der Waals surface area contributed by atoms with Gasteiger partial charge < -0.3 is 15.0 Å². The van der Waals surface area contributed by atoms with Crippen molar-refractivity contribution >= 4 is 11.5 Å². The van der Waals surface area contributed by atoms with E-state index in [1.807, 2.05) is 0 Å². The summed E-state index contributed by atoms with van der Waals surface area (Å²) in [5.74, 6) is 0.602. The number of hydrogen-bond donors (Lipinski definition) is 1. The van der Waals surface area contributed by atoms with Crippen LogP contribution in [0.1, 0.15) is 17.0 Å². The first kappa shape index (κ1) is 16.0. The number of rotatable bonds is 5. The van der Waals surface area contributed by atoms with E-state index in [0.717, 1.165) is 12.8 Å². The first-order valence-corrected chi connectivity index (χ1v) is 9.28. The number of piperidine rings is 1. The van der Waals surface area contributed by atoms with Crippen molar-refractivity contribution in [3.05, 3.63) is 42.6 Å². The summed E-state index contributed by atoms with van der Waals surface area (Å²) in [6.45, 7) is -0.355. The number of anilines is 1.